The first-order valence-corrected chi connectivity index (χ1v) is 11.0. The van der Waals surface area contributed by atoms with Crippen LogP contribution in [0.1, 0.15) is 40.9 Å². The number of hydrogen-bond donors (Lipinski definition) is 0. The minimum absolute atomic E-state index is 0.292. The highest BCUT2D eigenvalue weighted by molar-refractivity contribution is 5.96. The van der Waals surface area contributed by atoms with Gasteiger partial charge in [0.05, 0.1) is 33.0 Å². The van der Waals surface area contributed by atoms with Gasteiger partial charge in [-0.3, -0.25) is 0 Å². The summed E-state index contributed by atoms with van der Waals surface area (Å²) in [5.41, 5.74) is 4.57. The maximum atomic E-state index is 12.0. The van der Waals surface area contributed by atoms with E-state index in [0.29, 0.717) is 23.3 Å². The molecular weight excluding hydrogens is 408 g/mol. The van der Waals surface area contributed by atoms with Crippen LogP contribution >= 0.6 is 0 Å². The van der Waals surface area contributed by atoms with Crippen molar-refractivity contribution in [1.82, 2.24) is 14.5 Å². The fraction of sp³-hybridized carbons (Fsp3) is 0.458. The number of carbonyl (C=O) groups is 1. The third kappa shape index (κ3) is 4.22. The molecule has 0 fully saturated rings. The van der Waals surface area contributed by atoms with Crippen molar-refractivity contribution in [3.8, 4) is 11.8 Å². The lowest BCUT2D eigenvalue weighted by atomic mass is 9.95. The number of anilines is 1. The van der Waals surface area contributed by atoms with Crippen LogP contribution in [0.2, 0.25) is 0 Å². The number of esters is 1. The molecule has 0 radical (unpaired) electrons. The fourth-order valence-electron chi connectivity index (χ4n) is 4.47. The summed E-state index contributed by atoms with van der Waals surface area (Å²) in [7, 11) is 6.56. The van der Waals surface area contributed by atoms with E-state index in [1.165, 1.54) is 42.1 Å². The number of nitrogens with zero attached hydrogens (tertiary/aromatic N) is 4. The highest BCUT2D eigenvalue weighted by Crippen LogP contribution is 2.33. The third-order valence-corrected chi connectivity index (χ3v) is 6.10. The third-order valence-electron chi connectivity index (χ3n) is 6.10. The molecule has 1 aliphatic carbocycles. The quantitative estimate of drug-likeness (QED) is 0.497. The molecule has 0 unspecified atom stereocenters. The van der Waals surface area contributed by atoms with Crippen molar-refractivity contribution in [2.24, 2.45) is 0 Å². The second-order valence-electron chi connectivity index (χ2n) is 8.04. The summed E-state index contributed by atoms with van der Waals surface area (Å²) in [6, 6.07) is 7.57. The Labute approximate surface area is 188 Å². The normalized spacial score (nSPS) is 13.0. The van der Waals surface area contributed by atoms with E-state index >= 15 is 0 Å². The first kappa shape index (κ1) is 21.9. The molecular formula is C24H30N4O4. The average Bonchev–Trinajstić information content (AvgIpc) is 3.16. The summed E-state index contributed by atoms with van der Waals surface area (Å²) in [4.78, 5) is 22.9. The summed E-state index contributed by atoms with van der Waals surface area (Å²) in [6.45, 7) is 1.67. The van der Waals surface area contributed by atoms with Crippen LogP contribution in [0.15, 0.2) is 24.3 Å². The summed E-state index contributed by atoms with van der Waals surface area (Å²) in [5, 5.41) is 1.18. The molecule has 2 heterocycles. The summed E-state index contributed by atoms with van der Waals surface area (Å²) < 4.78 is 17.9. The molecule has 0 saturated heterocycles. The number of benzene rings is 1. The molecule has 1 aromatic carbocycles. The Balaban J connectivity index is 1.55. The number of aromatic nitrogens is 3. The largest absolute Gasteiger partial charge is 0.481 e. The van der Waals surface area contributed by atoms with E-state index in [1.54, 1.807) is 20.3 Å². The van der Waals surface area contributed by atoms with Crippen molar-refractivity contribution >= 4 is 22.8 Å². The first-order chi connectivity index (χ1) is 15.5. The van der Waals surface area contributed by atoms with Crippen molar-refractivity contribution < 1.29 is 19.0 Å². The molecule has 2 aromatic heterocycles. The van der Waals surface area contributed by atoms with Gasteiger partial charge >= 0.3 is 5.97 Å². The van der Waals surface area contributed by atoms with Gasteiger partial charge < -0.3 is 23.7 Å². The van der Waals surface area contributed by atoms with Gasteiger partial charge in [-0.05, 0) is 55.9 Å². The molecule has 8 heteroatoms. The van der Waals surface area contributed by atoms with E-state index in [2.05, 4.69) is 20.6 Å². The van der Waals surface area contributed by atoms with Gasteiger partial charge in [-0.1, -0.05) is 0 Å². The van der Waals surface area contributed by atoms with Gasteiger partial charge in [0, 0.05) is 36.7 Å². The van der Waals surface area contributed by atoms with Crippen LogP contribution in [0.5, 0.6) is 11.8 Å². The minimum atomic E-state index is -0.292. The van der Waals surface area contributed by atoms with Crippen molar-refractivity contribution in [3.63, 3.8) is 0 Å². The summed E-state index contributed by atoms with van der Waals surface area (Å²) >= 11 is 0. The number of methoxy groups -OCH3 is 3. The van der Waals surface area contributed by atoms with Gasteiger partial charge in [-0.2, -0.15) is 9.97 Å². The van der Waals surface area contributed by atoms with Crippen molar-refractivity contribution in [1.29, 1.82) is 0 Å². The molecule has 0 aliphatic heterocycles. The first-order valence-electron chi connectivity index (χ1n) is 11.0. The monoisotopic (exact) mass is 438 g/mol. The molecule has 0 spiro atoms. The second-order valence-corrected chi connectivity index (χ2v) is 8.04. The second kappa shape index (κ2) is 9.46. The van der Waals surface area contributed by atoms with E-state index in [4.69, 9.17) is 14.2 Å². The average molecular weight is 439 g/mol. The van der Waals surface area contributed by atoms with Crippen molar-refractivity contribution in [3.05, 3.63) is 41.1 Å². The lowest BCUT2D eigenvalue weighted by Crippen LogP contribution is -2.23. The van der Waals surface area contributed by atoms with Crippen LogP contribution in [-0.4, -0.2) is 55.4 Å². The summed E-state index contributed by atoms with van der Waals surface area (Å²) in [6.07, 6.45) is 5.44. The Morgan fingerprint density at radius 3 is 2.47 bits per heavy atom. The van der Waals surface area contributed by atoms with E-state index in [1.807, 2.05) is 24.1 Å². The molecule has 0 saturated carbocycles. The smallest absolute Gasteiger partial charge is 0.337 e. The number of ether oxygens (including phenoxy) is 3. The van der Waals surface area contributed by atoms with Gasteiger partial charge in [0.1, 0.15) is 0 Å². The number of carbonyl (C=O) groups excluding carboxylic acids is 1. The number of hydrogen-bond acceptors (Lipinski definition) is 7. The van der Waals surface area contributed by atoms with Crippen LogP contribution in [0.3, 0.4) is 0 Å². The predicted octanol–water partition coefficient (Wildman–Crippen LogP) is 3.64. The molecule has 0 amide bonds. The SMILES string of the molecule is COC(=O)c1ccc2c(c1)c1c(n2CCCN(C)c2nc(OC)cc(OC)n2)CCCC1. The lowest BCUT2D eigenvalue weighted by molar-refractivity contribution is 0.0601. The standard InChI is InChI=1S/C24H30N4O4/c1-27(24-25-21(30-2)15-22(26-24)31-3)12-7-13-28-19-9-6-5-8-17(19)18-14-16(23(29)32-4)10-11-20(18)28/h10-11,14-15H,5-9,12-13H2,1-4H3. The molecule has 0 N–H and O–H groups in total. The van der Waals surface area contributed by atoms with Gasteiger partial charge in [0.2, 0.25) is 17.7 Å². The van der Waals surface area contributed by atoms with Gasteiger partial charge in [-0.15, -0.1) is 0 Å². The van der Waals surface area contributed by atoms with Crippen molar-refractivity contribution in [2.45, 2.75) is 38.6 Å². The predicted molar refractivity (Wildman–Crippen MR) is 123 cm³/mol. The number of fused-ring (bicyclic) bond motifs is 3. The highest BCUT2D eigenvalue weighted by atomic mass is 16.5. The lowest BCUT2D eigenvalue weighted by Gasteiger charge is -2.20. The van der Waals surface area contributed by atoms with Crippen LogP contribution in [0, 0.1) is 0 Å². The van der Waals surface area contributed by atoms with Crippen LogP contribution < -0.4 is 14.4 Å². The Morgan fingerprint density at radius 1 is 1.06 bits per heavy atom. The molecule has 0 atom stereocenters. The molecule has 8 nitrogen and oxygen atoms in total. The van der Waals surface area contributed by atoms with E-state index < -0.39 is 0 Å². The number of rotatable bonds is 8. The zero-order chi connectivity index (χ0) is 22.7. The number of aryl methyl sites for hydroxylation is 2. The van der Waals surface area contributed by atoms with E-state index in [-0.39, 0.29) is 5.97 Å². The van der Waals surface area contributed by atoms with Crippen LogP contribution in [0.25, 0.3) is 10.9 Å². The Kier molecular flexibility index (Phi) is 6.48. The van der Waals surface area contributed by atoms with Gasteiger partial charge in [0.15, 0.2) is 0 Å². The zero-order valence-electron chi connectivity index (χ0n) is 19.2. The fourth-order valence-corrected chi connectivity index (χ4v) is 4.47. The Morgan fingerprint density at radius 2 is 1.78 bits per heavy atom. The molecule has 32 heavy (non-hydrogen) atoms. The maximum Gasteiger partial charge on any atom is 0.337 e. The molecule has 1 aliphatic rings. The molecule has 3 aromatic rings. The topological polar surface area (TPSA) is 78.7 Å². The molecule has 4 rings (SSSR count). The summed E-state index contributed by atoms with van der Waals surface area (Å²) in [5.74, 6) is 1.24. The van der Waals surface area contributed by atoms with E-state index in [9.17, 15) is 4.79 Å². The molecule has 0 bridgehead atoms. The highest BCUT2D eigenvalue weighted by Gasteiger charge is 2.21. The van der Waals surface area contributed by atoms with Gasteiger partial charge in [-0.25, -0.2) is 4.79 Å². The van der Waals surface area contributed by atoms with Crippen molar-refractivity contribution in [2.75, 3.05) is 39.8 Å². The Bertz CT molecular complexity index is 1100. The minimum Gasteiger partial charge on any atom is -0.481 e. The van der Waals surface area contributed by atoms with Crippen LogP contribution in [0.4, 0.5) is 5.95 Å². The van der Waals surface area contributed by atoms with E-state index in [0.717, 1.165) is 32.4 Å². The maximum absolute atomic E-state index is 12.0. The zero-order valence-corrected chi connectivity index (χ0v) is 19.2. The van der Waals surface area contributed by atoms with Crippen LogP contribution in [-0.2, 0) is 24.1 Å². The molecule has 170 valence electrons. The van der Waals surface area contributed by atoms with Gasteiger partial charge in [0.25, 0.3) is 0 Å². The Hall–Kier alpha value is -3.29.